The number of aromatic nitrogens is 2. The number of aromatic amines is 1. The van der Waals surface area contributed by atoms with Crippen molar-refractivity contribution in [1.29, 1.82) is 0 Å². The van der Waals surface area contributed by atoms with Gasteiger partial charge in [-0.05, 0) is 24.1 Å². The lowest BCUT2D eigenvalue weighted by atomic mass is 9.96. The molecule has 0 bridgehead atoms. The van der Waals surface area contributed by atoms with Gasteiger partial charge in [-0.2, -0.15) is 13.2 Å². The number of hydrogen-bond acceptors (Lipinski definition) is 5. The number of hydrogen-bond donors (Lipinski definition) is 1. The number of H-pyrrole nitrogens is 1. The van der Waals surface area contributed by atoms with Gasteiger partial charge in [0.15, 0.2) is 9.84 Å². The highest BCUT2D eigenvalue weighted by atomic mass is 32.2. The molecule has 11 heteroatoms. The second-order valence-electron chi connectivity index (χ2n) is 6.21. The Hall–Kier alpha value is -2.14. The van der Waals surface area contributed by atoms with E-state index in [4.69, 9.17) is 4.74 Å². The molecule has 0 aliphatic heterocycles. The molecule has 1 heterocycles. The van der Waals surface area contributed by atoms with Crippen LogP contribution >= 0.6 is 0 Å². The van der Waals surface area contributed by atoms with Crippen molar-refractivity contribution < 1.29 is 26.3 Å². The predicted molar refractivity (Wildman–Crippen MR) is 93.3 cm³/mol. The van der Waals surface area contributed by atoms with Crippen LogP contribution in [-0.4, -0.2) is 31.3 Å². The maximum absolute atomic E-state index is 13.5. The summed E-state index contributed by atoms with van der Waals surface area (Å²) in [5, 5.41) is -0.223. The number of alkyl halides is 3. The number of ether oxygens (including phenoxy) is 1. The number of halogens is 3. The maximum Gasteiger partial charge on any atom is 0.416 e. The molecule has 0 amide bonds. The topological polar surface area (TPSA) is 98.2 Å². The van der Waals surface area contributed by atoms with Crippen LogP contribution in [0.5, 0.6) is 0 Å². The maximum atomic E-state index is 13.5. The third-order valence-electron chi connectivity index (χ3n) is 4.00. The number of benzene rings is 1. The van der Waals surface area contributed by atoms with Gasteiger partial charge in [-0.25, -0.2) is 17.8 Å². The highest BCUT2D eigenvalue weighted by Crippen LogP contribution is 2.38. The first kappa shape index (κ1) is 21.2. The molecule has 1 unspecified atom stereocenters. The first-order valence-corrected chi connectivity index (χ1v) is 10.0. The molecule has 1 N–H and O–H groups in total. The van der Waals surface area contributed by atoms with Gasteiger partial charge in [-0.3, -0.25) is 4.79 Å². The van der Waals surface area contributed by atoms with Crippen LogP contribution in [0.15, 0.2) is 21.7 Å². The summed E-state index contributed by atoms with van der Waals surface area (Å²) in [7, 11) is -2.46. The first-order chi connectivity index (χ1) is 12.4. The molecule has 0 saturated heterocycles. The Bertz CT molecular complexity index is 1070. The van der Waals surface area contributed by atoms with Crippen LogP contribution in [0.3, 0.4) is 0 Å². The van der Waals surface area contributed by atoms with E-state index in [2.05, 4.69) is 4.98 Å². The minimum atomic E-state index is -4.73. The van der Waals surface area contributed by atoms with Crippen LogP contribution in [0.25, 0.3) is 10.9 Å². The van der Waals surface area contributed by atoms with E-state index in [0.717, 1.165) is 12.3 Å². The Kier molecular flexibility index (Phi) is 5.85. The van der Waals surface area contributed by atoms with Gasteiger partial charge in [-0.15, -0.1) is 0 Å². The lowest BCUT2D eigenvalue weighted by Gasteiger charge is -2.21. The summed E-state index contributed by atoms with van der Waals surface area (Å²) in [5.41, 5.74) is -3.67. The number of sulfone groups is 1. The normalized spacial score (nSPS) is 13.9. The predicted octanol–water partition coefficient (Wildman–Crippen LogP) is 2.20. The third kappa shape index (κ3) is 4.59. The van der Waals surface area contributed by atoms with Gasteiger partial charge in [-0.1, -0.05) is 13.3 Å². The van der Waals surface area contributed by atoms with Crippen molar-refractivity contribution in [3.05, 3.63) is 44.1 Å². The lowest BCUT2D eigenvalue weighted by molar-refractivity contribution is -0.139. The molecule has 0 aliphatic rings. The van der Waals surface area contributed by atoms with E-state index in [-0.39, 0.29) is 22.9 Å². The van der Waals surface area contributed by atoms with Crippen LogP contribution in [0.4, 0.5) is 13.2 Å². The zero-order chi connectivity index (χ0) is 20.6. The fourth-order valence-corrected chi connectivity index (χ4v) is 3.55. The summed E-state index contributed by atoms with van der Waals surface area (Å²) in [5.74, 6) is -0.879. The second kappa shape index (κ2) is 7.47. The Morgan fingerprint density at radius 3 is 2.37 bits per heavy atom. The lowest BCUT2D eigenvalue weighted by Crippen LogP contribution is -2.37. The van der Waals surface area contributed by atoms with Crippen LogP contribution in [0, 0.1) is 0 Å². The molecule has 0 fully saturated rings. The van der Waals surface area contributed by atoms with E-state index in [0.29, 0.717) is 17.1 Å². The van der Waals surface area contributed by atoms with Crippen molar-refractivity contribution >= 4 is 20.7 Å². The number of nitrogens with zero attached hydrogens (tertiary/aromatic N) is 1. The SMILES string of the molecule is CCCC(OC)c1cc2c(=O)n(CS(C)(=O)=O)c(=O)[nH]c2cc1C(F)(F)F. The standard InChI is InChI=1S/C16H19F3N2O5S/c1-4-5-13(26-2)9-6-10-12(7-11(9)16(17,18)19)20-15(23)21(14(10)22)8-27(3,24)25/h6-7,13H,4-5,8H2,1-3H3,(H,20,23). The molecular weight excluding hydrogens is 389 g/mol. The van der Waals surface area contributed by atoms with Gasteiger partial charge < -0.3 is 9.72 Å². The van der Waals surface area contributed by atoms with Gasteiger partial charge in [0.1, 0.15) is 5.88 Å². The van der Waals surface area contributed by atoms with E-state index in [1.54, 1.807) is 6.92 Å². The molecule has 150 valence electrons. The quantitative estimate of drug-likeness (QED) is 0.790. The molecule has 1 aromatic carbocycles. The molecule has 7 nitrogen and oxygen atoms in total. The largest absolute Gasteiger partial charge is 0.416 e. The summed E-state index contributed by atoms with van der Waals surface area (Å²) in [6.07, 6.45) is -3.98. The van der Waals surface area contributed by atoms with Gasteiger partial charge in [0, 0.05) is 13.4 Å². The van der Waals surface area contributed by atoms with E-state index >= 15 is 0 Å². The van der Waals surface area contributed by atoms with Crippen molar-refractivity contribution in [2.24, 2.45) is 0 Å². The first-order valence-electron chi connectivity index (χ1n) is 7.97. The van der Waals surface area contributed by atoms with Crippen molar-refractivity contribution in [2.75, 3.05) is 13.4 Å². The molecule has 27 heavy (non-hydrogen) atoms. The number of fused-ring (bicyclic) bond motifs is 1. The van der Waals surface area contributed by atoms with Gasteiger partial charge in [0.05, 0.1) is 22.6 Å². The van der Waals surface area contributed by atoms with Crippen molar-refractivity contribution in [1.82, 2.24) is 9.55 Å². The summed E-state index contributed by atoms with van der Waals surface area (Å²) in [4.78, 5) is 26.7. The van der Waals surface area contributed by atoms with Crippen LogP contribution in [-0.2, 0) is 26.6 Å². The fraction of sp³-hybridized carbons (Fsp3) is 0.500. The van der Waals surface area contributed by atoms with E-state index in [1.165, 1.54) is 7.11 Å². The van der Waals surface area contributed by atoms with Crippen LogP contribution in [0.1, 0.15) is 37.0 Å². The summed E-state index contributed by atoms with van der Waals surface area (Å²) in [6, 6.07) is 1.69. The molecule has 0 spiro atoms. The Labute approximate surface area is 152 Å². The zero-order valence-electron chi connectivity index (χ0n) is 14.9. The van der Waals surface area contributed by atoms with Crippen molar-refractivity contribution in [3.63, 3.8) is 0 Å². The molecule has 2 aromatic rings. The zero-order valence-corrected chi connectivity index (χ0v) is 15.7. The monoisotopic (exact) mass is 408 g/mol. The second-order valence-corrected chi connectivity index (χ2v) is 8.32. The number of methoxy groups -OCH3 is 1. The molecule has 0 radical (unpaired) electrons. The van der Waals surface area contributed by atoms with E-state index < -0.39 is 44.8 Å². The fourth-order valence-electron chi connectivity index (χ4n) is 2.84. The Morgan fingerprint density at radius 2 is 1.89 bits per heavy atom. The number of nitrogens with one attached hydrogen (secondary N) is 1. The molecule has 0 aliphatic carbocycles. The Balaban J connectivity index is 2.88. The average Bonchev–Trinajstić information content (AvgIpc) is 2.54. The van der Waals surface area contributed by atoms with Crippen LogP contribution < -0.4 is 11.2 Å². The molecule has 2 rings (SSSR count). The van der Waals surface area contributed by atoms with E-state index in [1.807, 2.05) is 0 Å². The summed E-state index contributed by atoms with van der Waals surface area (Å²) in [6.45, 7) is 1.77. The smallest absolute Gasteiger partial charge is 0.377 e. The van der Waals surface area contributed by atoms with Gasteiger partial charge >= 0.3 is 11.9 Å². The molecular formula is C16H19F3N2O5S. The van der Waals surface area contributed by atoms with Gasteiger partial charge in [0.25, 0.3) is 5.56 Å². The van der Waals surface area contributed by atoms with Crippen LogP contribution in [0.2, 0.25) is 0 Å². The Morgan fingerprint density at radius 1 is 1.26 bits per heavy atom. The molecule has 1 aromatic heterocycles. The summed E-state index contributed by atoms with van der Waals surface area (Å²) < 4.78 is 69.0. The number of rotatable bonds is 6. The van der Waals surface area contributed by atoms with Gasteiger partial charge in [0.2, 0.25) is 0 Å². The van der Waals surface area contributed by atoms with E-state index in [9.17, 15) is 31.2 Å². The third-order valence-corrected chi connectivity index (χ3v) is 4.73. The molecule has 0 saturated carbocycles. The average molecular weight is 408 g/mol. The van der Waals surface area contributed by atoms with Crippen molar-refractivity contribution in [3.8, 4) is 0 Å². The highest BCUT2D eigenvalue weighted by Gasteiger charge is 2.36. The van der Waals surface area contributed by atoms with Crippen molar-refractivity contribution in [2.45, 2.75) is 37.9 Å². The molecule has 1 atom stereocenters. The highest BCUT2D eigenvalue weighted by molar-refractivity contribution is 7.89. The minimum Gasteiger partial charge on any atom is -0.377 e. The minimum absolute atomic E-state index is 0.223. The summed E-state index contributed by atoms with van der Waals surface area (Å²) >= 11 is 0.